The Morgan fingerprint density at radius 1 is 0.600 bits per heavy atom. The number of ether oxygens (including phenoxy) is 2. The molecule has 0 fully saturated rings. The molecule has 8 heteroatoms. The van der Waals surface area contributed by atoms with Gasteiger partial charge in [-0.3, -0.25) is 0 Å². The summed E-state index contributed by atoms with van der Waals surface area (Å²) in [4.78, 5) is 26.9. The zero-order valence-corrected chi connectivity index (χ0v) is 27.9. The molecule has 4 unspecified atom stereocenters. The Kier molecular flexibility index (Phi) is 9.00. The van der Waals surface area contributed by atoms with Gasteiger partial charge >= 0.3 is 11.9 Å². The molecule has 0 spiro atoms. The Labute approximate surface area is 267 Å². The van der Waals surface area contributed by atoms with Crippen LogP contribution in [0.15, 0.2) is 103 Å². The summed E-state index contributed by atoms with van der Waals surface area (Å²) in [5.74, 6) is -1.63. The highest BCUT2D eigenvalue weighted by Crippen LogP contribution is 2.49. The van der Waals surface area contributed by atoms with Gasteiger partial charge in [0.2, 0.25) is 0 Å². The first-order valence-corrected chi connectivity index (χ1v) is 15.8. The Morgan fingerprint density at radius 2 is 1.02 bits per heavy atom. The van der Waals surface area contributed by atoms with Gasteiger partial charge < -0.3 is 9.47 Å². The maximum absolute atomic E-state index is 13.5. The zero-order chi connectivity index (χ0) is 28.6. The molecule has 0 saturated heterocycles. The van der Waals surface area contributed by atoms with Gasteiger partial charge in [0, 0.05) is 23.8 Å². The van der Waals surface area contributed by atoms with E-state index in [0.29, 0.717) is 11.1 Å². The van der Waals surface area contributed by atoms with Gasteiger partial charge in [-0.15, -0.1) is 0 Å². The molecular formula is C32H24Br4O4. The van der Waals surface area contributed by atoms with Crippen LogP contribution >= 0.6 is 63.7 Å². The quantitative estimate of drug-likeness (QED) is 0.189. The fraction of sp³-hybridized carbons (Fsp3) is 0.188. The van der Waals surface area contributed by atoms with Crippen LogP contribution in [0.25, 0.3) is 0 Å². The van der Waals surface area contributed by atoms with Crippen LogP contribution in [0.4, 0.5) is 0 Å². The van der Waals surface area contributed by atoms with Crippen molar-refractivity contribution in [2.24, 2.45) is 0 Å². The van der Waals surface area contributed by atoms with Gasteiger partial charge in [0.15, 0.2) is 6.10 Å². The van der Waals surface area contributed by atoms with Crippen LogP contribution in [0.3, 0.4) is 0 Å². The highest BCUT2D eigenvalue weighted by molar-refractivity contribution is 9.13. The first kappa shape index (κ1) is 29.2. The van der Waals surface area contributed by atoms with Crippen LogP contribution in [0.5, 0.6) is 0 Å². The van der Waals surface area contributed by atoms with Crippen LogP contribution in [-0.2, 0) is 9.47 Å². The molecule has 4 nitrogen and oxygen atoms in total. The standard InChI is InChI=1S/C32H24Br4O4/c1-17-13-24(33)25(34)14-21(17)28-23-16-27(36)26(35)15-22(23)18(2)29(39-31(37)19-9-5-3-6-10-19)30(28)40-32(38)20-11-7-4-8-12-20/h3-16,18,28-30H,1-2H3. The molecule has 0 N–H and O–H groups in total. The normalized spacial score (nSPS) is 19.9. The molecule has 0 amide bonds. The van der Waals surface area contributed by atoms with Gasteiger partial charge in [0.25, 0.3) is 0 Å². The van der Waals surface area contributed by atoms with Crippen molar-refractivity contribution < 1.29 is 19.1 Å². The third kappa shape index (κ3) is 5.87. The molecule has 0 saturated carbocycles. The van der Waals surface area contributed by atoms with Gasteiger partial charge in [0.05, 0.1) is 17.0 Å². The highest BCUT2D eigenvalue weighted by Gasteiger charge is 2.47. The second-order valence-electron chi connectivity index (χ2n) is 9.76. The molecule has 0 radical (unpaired) electrons. The molecule has 4 aromatic carbocycles. The van der Waals surface area contributed by atoms with Crippen LogP contribution < -0.4 is 0 Å². The van der Waals surface area contributed by atoms with Crippen molar-refractivity contribution in [3.63, 3.8) is 0 Å². The van der Waals surface area contributed by atoms with E-state index < -0.39 is 30.1 Å². The van der Waals surface area contributed by atoms with Crippen molar-refractivity contribution in [3.05, 3.63) is 136 Å². The topological polar surface area (TPSA) is 52.6 Å². The summed E-state index contributed by atoms with van der Waals surface area (Å²) in [6.07, 6.45) is -1.56. The summed E-state index contributed by atoms with van der Waals surface area (Å²) < 4.78 is 16.1. The number of carbonyl (C=O) groups is 2. The third-order valence-electron chi connectivity index (χ3n) is 7.25. The monoisotopic (exact) mass is 788 g/mol. The maximum Gasteiger partial charge on any atom is 0.338 e. The lowest BCUT2D eigenvalue weighted by Crippen LogP contribution is -2.47. The van der Waals surface area contributed by atoms with Crippen LogP contribution in [0.1, 0.15) is 61.7 Å². The molecule has 0 bridgehead atoms. The van der Waals surface area contributed by atoms with E-state index in [4.69, 9.17) is 9.47 Å². The van der Waals surface area contributed by atoms with E-state index in [0.717, 1.165) is 40.1 Å². The van der Waals surface area contributed by atoms with Crippen molar-refractivity contribution in [1.82, 2.24) is 0 Å². The fourth-order valence-corrected chi connectivity index (χ4v) is 6.79. The average molecular weight is 792 g/mol. The second-order valence-corrected chi connectivity index (χ2v) is 13.2. The van der Waals surface area contributed by atoms with E-state index in [1.807, 2.05) is 38.1 Å². The number of fused-ring (bicyclic) bond motifs is 1. The summed E-state index contributed by atoms with van der Waals surface area (Å²) in [6, 6.07) is 25.9. The minimum atomic E-state index is -0.803. The van der Waals surface area contributed by atoms with E-state index in [1.54, 1.807) is 48.5 Å². The van der Waals surface area contributed by atoms with Crippen molar-refractivity contribution in [3.8, 4) is 0 Å². The Balaban J connectivity index is 1.70. The number of aryl methyl sites for hydroxylation is 1. The van der Waals surface area contributed by atoms with Crippen molar-refractivity contribution in [2.75, 3.05) is 0 Å². The summed E-state index contributed by atoms with van der Waals surface area (Å²) in [6.45, 7) is 4.03. The van der Waals surface area contributed by atoms with Crippen LogP contribution in [0.2, 0.25) is 0 Å². The average Bonchev–Trinajstić information content (AvgIpc) is 2.95. The molecule has 0 heterocycles. The molecule has 4 atom stereocenters. The van der Waals surface area contributed by atoms with Crippen molar-refractivity contribution in [2.45, 2.75) is 37.9 Å². The summed E-state index contributed by atoms with van der Waals surface area (Å²) in [5, 5.41) is 0. The number of hydrogen-bond donors (Lipinski definition) is 0. The van der Waals surface area contributed by atoms with Gasteiger partial charge in [-0.25, -0.2) is 9.59 Å². The van der Waals surface area contributed by atoms with Gasteiger partial charge in [-0.2, -0.15) is 0 Å². The molecule has 204 valence electrons. The first-order valence-electron chi connectivity index (χ1n) is 12.6. The molecular weight excluding hydrogens is 768 g/mol. The summed E-state index contributed by atoms with van der Waals surface area (Å²) in [5.41, 5.74) is 4.84. The summed E-state index contributed by atoms with van der Waals surface area (Å²) in [7, 11) is 0. The van der Waals surface area contributed by atoms with E-state index >= 15 is 0 Å². The Morgan fingerprint density at radius 3 is 1.55 bits per heavy atom. The lowest BCUT2D eigenvalue weighted by Gasteiger charge is -2.43. The fourth-order valence-electron chi connectivity index (χ4n) is 5.25. The maximum atomic E-state index is 13.5. The first-order chi connectivity index (χ1) is 19.2. The number of carbonyl (C=O) groups excluding carboxylic acids is 2. The second kappa shape index (κ2) is 12.3. The Bertz CT molecular complexity index is 1570. The molecule has 4 aromatic rings. The van der Waals surface area contributed by atoms with Crippen molar-refractivity contribution >= 4 is 75.7 Å². The minimum absolute atomic E-state index is 0.268. The van der Waals surface area contributed by atoms with Crippen LogP contribution in [0, 0.1) is 6.92 Å². The Hall–Kier alpha value is -2.26. The number of rotatable bonds is 5. The van der Waals surface area contributed by atoms with E-state index in [1.165, 1.54) is 0 Å². The zero-order valence-electron chi connectivity index (χ0n) is 21.5. The molecule has 1 aliphatic carbocycles. The summed E-state index contributed by atoms with van der Waals surface area (Å²) >= 11 is 14.6. The molecule has 0 aliphatic heterocycles. The smallest absolute Gasteiger partial charge is 0.338 e. The number of halogens is 4. The van der Waals surface area contributed by atoms with E-state index in [-0.39, 0.29) is 5.92 Å². The molecule has 1 aliphatic rings. The predicted molar refractivity (Wildman–Crippen MR) is 170 cm³/mol. The lowest BCUT2D eigenvalue weighted by atomic mass is 9.70. The highest BCUT2D eigenvalue weighted by atomic mass is 79.9. The van der Waals surface area contributed by atoms with E-state index in [9.17, 15) is 9.59 Å². The van der Waals surface area contributed by atoms with Gasteiger partial charge in [-0.05, 0) is 141 Å². The molecule has 40 heavy (non-hydrogen) atoms. The van der Waals surface area contributed by atoms with Crippen molar-refractivity contribution in [1.29, 1.82) is 0 Å². The van der Waals surface area contributed by atoms with Crippen LogP contribution in [-0.4, -0.2) is 24.1 Å². The molecule has 5 rings (SSSR count). The third-order valence-corrected chi connectivity index (χ3v) is 10.9. The molecule has 0 aromatic heterocycles. The number of hydrogen-bond acceptors (Lipinski definition) is 4. The number of esters is 2. The van der Waals surface area contributed by atoms with Gasteiger partial charge in [0.1, 0.15) is 6.10 Å². The number of benzene rings is 4. The SMILES string of the molecule is Cc1cc(Br)c(Br)cc1C1c2cc(Br)c(Br)cc2C(C)C(OC(=O)c2ccccc2)C1OC(=O)c1ccccc1. The van der Waals surface area contributed by atoms with E-state index in [2.05, 4.69) is 75.9 Å². The minimum Gasteiger partial charge on any atom is -0.454 e. The lowest BCUT2D eigenvalue weighted by molar-refractivity contribution is -0.0532. The largest absolute Gasteiger partial charge is 0.454 e. The predicted octanol–water partition coefficient (Wildman–Crippen LogP) is 9.75. The van der Waals surface area contributed by atoms with Gasteiger partial charge in [-0.1, -0.05) is 43.3 Å².